The summed E-state index contributed by atoms with van der Waals surface area (Å²) in [6.07, 6.45) is 10.9. The van der Waals surface area contributed by atoms with Crippen molar-refractivity contribution in [2.75, 3.05) is 47.0 Å². The van der Waals surface area contributed by atoms with Gasteiger partial charge in [-0.05, 0) is 49.6 Å². The Morgan fingerprint density at radius 2 is 1.94 bits per heavy atom. The molecule has 0 aromatic rings. The van der Waals surface area contributed by atoms with Crippen LogP contribution in [0, 0.1) is 0 Å². The maximum absolute atomic E-state index is 13.8. The summed E-state index contributed by atoms with van der Waals surface area (Å²) < 4.78 is 30.1. The zero-order valence-corrected chi connectivity index (χ0v) is 20.6. The van der Waals surface area contributed by atoms with E-state index in [1.54, 1.807) is 25.2 Å². The monoisotopic (exact) mass is 489 g/mol. The third-order valence-electron chi connectivity index (χ3n) is 6.98. The van der Waals surface area contributed by atoms with Crippen molar-refractivity contribution in [1.82, 2.24) is 15.1 Å². The van der Waals surface area contributed by atoms with Gasteiger partial charge in [0.05, 0.1) is 12.1 Å². The van der Waals surface area contributed by atoms with E-state index in [-0.39, 0.29) is 36.7 Å². The van der Waals surface area contributed by atoms with Gasteiger partial charge in [-0.2, -0.15) is 0 Å². The van der Waals surface area contributed by atoms with Crippen LogP contribution in [0.25, 0.3) is 0 Å². The Labute approximate surface area is 206 Å². The van der Waals surface area contributed by atoms with E-state index >= 15 is 0 Å². The largest absolute Gasteiger partial charge is 0.482 e. The minimum absolute atomic E-state index is 0.0109. The standard InChI is InChI=1S/C26H36FN3O5/c1-33-23-6-4-18(14-24(23)34-2)15-25(31)28-20-8-12-29(13-9-20)10-3-11-30-21-16-19(27)5-7-22(21)35-17-26(30)32/h4,6-7,14,16,19-20,23-24H,3,5,8-13,15,17H2,1-2H3,(H,28,31). The first-order chi connectivity index (χ1) is 17.0. The second kappa shape index (κ2) is 12.0. The summed E-state index contributed by atoms with van der Waals surface area (Å²) in [6, 6.07) is 0.166. The Morgan fingerprint density at radius 3 is 2.69 bits per heavy atom. The molecule has 3 unspecified atom stereocenters. The Kier molecular flexibility index (Phi) is 8.75. The number of alkyl halides is 1. The van der Waals surface area contributed by atoms with E-state index < -0.39 is 6.17 Å². The summed E-state index contributed by atoms with van der Waals surface area (Å²) in [6.45, 7) is 3.20. The molecule has 9 heteroatoms. The summed E-state index contributed by atoms with van der Waals surface area (Å²) in [4.78, 5) is 28.9. The number of fused-ring (bicyclic) bond motifs is 1. The summed E-state index contributed by atoms with van der Waals surface area (Å²) >= 11 is 0. The number of hydrogen-bond donors (Lipinski definition) is 1. The lowest BCUT2D eigenvalue weighted by molar-refractivity contribution is -0.136. The second-order valence-electron chi connectivity index (χ2n) is 9.42. The molecule has 4 rings (SSSR count). The first kappa shape index (κ1) is 25.6. The van der Waals surface area contributed by atoms with Crippen molar-refractivity contribution < 1.29 is 28.2 Å². The van der Waals surface area contributed by atoms with Crippen molar-refractivity contribution in [3.8, 4) is 0 Å². The quantitative estimate of drug-likeness (QED) is 0.535. The zero-order chi connectivity index (χ0) is 24.8. The molecule has 2 heterocycles. The fraction of sp³-hybridized carbons (Fsp3) is 0.615. The molecule has 2 fully saturated rings. The number of carbonyl (C=O) groups excluding carboxylic acids is 2. The molecular weight excluding hydrogens is 453 g/mol. The number of methoxy groups -OCH3 is 2. The zero-order valence-electron chi connectivity index (χ0n) is 20.6. The number of nitrogens with one attached hydrogen (secondary N) is 1. The Balaban J connectivity index is 1.17. The predicted octanol–water partition coefficient (Wildman–Crippen LogP) is 2.24. The summed E-state index contributed by atoms with van der Waals surface area (Å²) in [5, 5.41) is 3.17. The SMILES string of the molecule is COC1C=CC(CC(=O)NC2CCN(CCCN3C(=O)COC4=CCC(F)C=C43)CC2)=CC1OC. The fourth-order valence-corrected chi connectivity index (χ4v) is 5.04. The van der Waals surface area contributed by atoms with Crippen LogP contribution < -0.4 is 5.32 Å². The first-order valence-corrected chi connectivity index (χ1v) is 12.4. The van der Waals surface area contributed by atoms with Crippen LogP contribution >= 0.6 is 0 Å². The van der Waals surface area contributed by atoms with E-state index in [4.69, 9.17) is 14.2 Å². The van der Waals surface area contributed by atoms with Gasteiger partial charge in [-0.25, -0.2) is 4.39 Å². The highest BCUT2D eigenvalue weighted by molar-refractivity contribution is 5.82. The number of hydrogen-bond acceptors (Lipinski definition) is 6. The second-order valence-corrected chi connectivity index (χ2v) is 9.42. The minimum Gasteiger partial charge on any atom is -0.482 e. The van der Waals surface area contributed by atoms with Crippen LogP contribution in [0.2, 0.25) is 0 Å². The molecule has 2 amide bonds. The van der Waals surface area contributed by atoms with Crippen molar-refractivity contribution in [2.24, 2.45) is 0 Å². The molecule has 0 bridgehead atoms. The van der Waals surface area contributed by atoms with E-state index in [1.807, 2.05) is 18.2 Å². The third kappa shape index (κ3) is 6.59. The lowest BCUT2D eigenvalue weighted by Gasteiger charge is -2.35. The van der Waals surface area contributed by atoms with Gasteiger partial charge in [0.15, 0.2) is 6.61 Å². The Morgan fingerprint density at radius 1 is 1.17 bits per heavy atom. The highest BCUT2D eigenvalue weighted by atomic mass is 19.1. The molecule has 8 nitrogen and oxygen atoms in total. The Hall–Kier alpha value is -2.49. The average molecular weight is 490 g/mol. The lowest BCUT2D eigenvalue weighted by atomic mass is 9.99. The summed E-state index contributed by atoms with van der Waals surface area (Å²) in [7, 11) is 3.28. The van der Waals surface area contributed by atoms with Gasteiger partial charge >= 0.3 is 0 Å². The Bertz CT molecular complexity index is 907. The van der Waals surface area contributed by atoms with Crippen LogP contribution in [0.5, 0.6) is 0 Å². The number of morpholine rings is 1. The molecule has 1 N–H and O–H groups in total. The molecule has 2 aliphatic carbocycles. The molecular formula is C26H36FN3O5. The topological polar surface area (TPSA) is 80.3 Å². The molecule has 3 atom stereocenters. The van der Waals surface area contributed by atoms with Crippen LogP contribution in [0.4, 0.5) is 4.39 Å². The van der Waals surface area contributed by atoms with Crippen molar-refractivity contribution in [3.05, 3.63) is 47.4 Å². The van der Waals surface area contributed by atoms with Crippen LogP contribution in [0.3, 0.4) is 0 Å². The van der Waals surface area contributed by atoms with Crippen molar-refractivity contribution >= 4 is 11.8 Å². The fourth-order valence-electron chi connectivity index (χ4n) is 5.04. The van der Waals surface area contributed by atoms with Gasteiger partial charge < -0.3 is 29.3 Å². The molecule has 2 saturated heterocycles. The maximum Gasteiger partial charge on any atom is 0.265 e. The van der Waals surface area contributed by atoms with Gasteiger partial charge in [-0.3, -0.25) is 9.59 Å². The van der Waals surface area contributed by atoms with Crippen LogP contribution in [-0.4, -0.2) is 93.0 Å². The van der Waals surface area contributed by atoms with Crippen LogP contribution in [0.15, 0.2) is 47.4 Å². The molecule has 0 saturated carbocycles. The molecule has 0 radical (unpaired) electrons. The van der Waals surface area contributed by atoms with Crippen molar-refractivity contribution in [1.29, 1.82) is 0 Å². The van der Waals surface area contributed by atoms with E-state index in [9.17, 15) is 14.0 Å². The molecule has 35 heavy (non-hydrogen) atoms. The number of likely N-dealkylation sites (tertiary alicyclic amines) is 1. The molecule has 4 aliphatic rings. The number of piperidine rings is 1. The normalized spacial score (nSPS) is 27.5. The van der Waals surface area contributed by atoms with Crippen LogP contribution in [0.1, 0.15) is 32.1 Å². The van der Waals surface area contributed by atoms with Crippen molar-refractivity contribution in [2.45, 2.75) is 56.5 Å². The molecule has 2 aliphatic heterocycles. The molecule has 192 valence electrons. The number of halogens is 1. The lowest BCUT2D eigenvalue weighted by Crippen LogP contribution is -2.46. The van der Waals surface area contributed by atoms with Gasteiger partial charge in [0, 0.05) is 46.3 Å². The number of allylic oxidation sites excluding steroid dienone is 3. The number of ether oxygens (including phenoxy) is 3. The highest BCUT2D eigenvalue weighted by Crippen LogP contribution is 2.29. The first-order valence-electron chi connectivity index (χ1n) is 12.4. The minimum atomic E-state index is -1.07. The van der Waals surface area contributed by atoms with Gasteiger partial charge in [-0.1, -0.05) is 12.2 Å². The maximum atomic E-state index is 13.8. The van der Waals surface area contributed by atoms with E-state index in [0.29, 0.717) is 30.8 Å². The van der Waals surface area contributed by atoms with E-state index in [2.05, 4.69) is 10.2 Å². The highest BCUT2D eigenvalue weighted by Gasteiger charge is 2.31. The number of carbonyl (C=O) groups is 2. The number of amides is 2. The number of rotatable bonds is 9. The van der Waals surface area contributed by atoms with Crippen molar-refractivity contribution in [3.63, 3.8) is 0 Å². The van der Waals surface area contributed by atoms with Gasteiger partial charge in [-0.15, -0.1) is 0 Å². The molecule has 0 aromatic heterocycles. The third-order valence-corrected chi connectivity index (χ3v) is 6.98. The molecule has 0 spiro atoms. The summed E-state index contributed by atoms with van der Waals surface area (Å²) in [5.41, 5.74) is 1.50. The number of nitrogens with zero attached hydrogens (tertiary/aromatic N) is 2. The van der Waals surface area contributed by atoms with Gasteiger partial charge in [0.25, 0.3) is 5.91 Å². The van der Waals surface area contributed by atoms with Gasteiger partial charge in [0.1, 0.15) is 24.1 Å². The summed E-state index contributed by atoms with van der Waals surface area (Å²) in [5.74, 6) is 0.513. The smallest absolute Gasteiger partial charge is 0.265 e. The molecule has 0 aromatic carbocycles. The predicted molar refractivity (Wildman–Crippen MR) is 129 cm³/mol. The van der Waals surface area contributed by atoms with E-state index in [0.717, 1.165) is 44.5 Å². The average Bonchev–Trinajstić information content (AvgIpc) is 2.86. The van der Waals surface area contributed by atoms with E-state index in [1.165, 1.54) is 6.08 Å². The van der Waals surface area contributed by atoms with Crippen LogP contribution in [-0.2, 0) is 23.8 Å². The van der Waals surface area contributed by atoms with Gasteiger partial charge in [0.2, 0.25) is 5.91 Å².